The van der Waals surface area contributed by atoms with Gasteiger partial charge in [-0.1, -0.05) is 228 Å². The number of aliphatic imine (C=N–C) groups is 4. The van der Waals surface area contributed by atoms with E-state index in [0.29, 0.717) is 47.3 Å². The van der Waals surface area contributed by atoms with Crippen LogP contribution in [0.15, 0.2) is 92.8 Å². The van der Waals surface area contributed by atoms with E-state index in [1.807, 2.05) is 13.8 Å². The van der Waals surface area contributed by atoms with Crippen LogP contribution in [-0.4, -0.2) is 49.5 Å². The van der Waals surface area contributed by atoms with Crippen LogP contribution in [0.3, 0.4) is 0 Å². The predicted molar refractivity (Wildman–Crippen MR) is 344 cm³/mol. The minimum atomic E-state index is 0. The molecule has 424 valence electrons. The third-order valence-electron chi connectivity index (χ3n) is 13.6. The van der Waals surface area contributed by atoms with E-state index in [-0.39, 0.29) is 40.7 Å². The second-order valence-electron chi connectivity index (χ2n) is 22.8. The summed E-state index contributed by atoms with van der Waals surface area (Å²) < 4.78 is 0. The van der Waals surface area contributed by atoms with E-state index in [4.69, 9.17) is 30.6 Å². The molecule has 77 heavy (non-hydrogen) atoms. The maximum atomic E-state index is 4.95. The Bertz CT molecular complexity index is 2160. The molecular weight excluding hydrogens is 1110 g/mol. The zero-order valence-electron chi connectivity index (χ0n) is 52.8. The van der Waals surface area contributed by atoms with Gasteiger partial charge in [0.05, 0.1) is 11.7 Å². The van der Waals surface area contributed by atoms with Crippen LogP contribution < -0.4 is 10.6 Å². The molecule has 4 aromatic rings. The fourth-order valence-corrected chi connectivity index (χ4v) is 9.28. The zero-order chi connectivity index (χ0) is 55.1. The van der Waals surface area contributed by atoms with Crippen LogP contribution in [-0.2, 0) is 25.8 Å². The van der Waals surface area contributed by atoms with Gasteiger partial charge in [0.2, 0.25) is 0 Å². The Balaban J connectivity index is 0.00000144. The Labute approximate surface area is 492 Å². The second kappa shape index (κ2) is 37.5. The summed E-state index contributed by atoms with van der Waals surface area (Å²) in [6.07, 6.45) is 6.50. The minimum Gasteiger partial charge on any atom is -0.469 e. The Morgan fingerprint density at radius 1 is 0.364 bits per heavy atom. The summed E-state index contributed by atoms with van der Waals surface area (Å²) >= 11 is 0. The van der Waals surface area contributed by atoms with E-state index >= 15 is 0 Å². The zero-order valence-corrected chi connectivity index (χ0v) is 56.4. The standard InChI is InChI=1S/C33H52N4.C33H50N4.2CH3.Hf/c2*1-22(2)28-16-14-17-29(23(3)4)32(28)36-26(9)34-20-12-11-13-21-35-27(10)37-33-30(24(5)6)18-15-19-31(33)25(7)8;;;/h14-19,22-25H,11-13,20-21H2,1-10H3,(H,34,36)(H,35,37);14-19,22-25H,11-13,20-21H2,1-10H3;2*1H3;/q;-2;2*-1;+4. The summed E-state index contributed by atoms with van der Waals surface area (Å²) in [5.41, 5.74) is 15.4. The summed E-state index contributed by atoms with van der Waals surface area (Å²) in [4.78, 5) is 19.5. The fourth-order valence-electron chi connectivity index (χ4n) is 9.28. The number of nitrogens with zero attached hydrogens (tertiary/aromatic N) is 6. The van der Waals surface area contributed by atoms with Crippen LogP contribution in [0.4, 0.5) is 22.7 Å². The van der Waals surface area contributed by atoms with E-state index in [9.17, 15) is 0 Å². The molecule has 0 atom stereocenters. The quantitative estimate of drug-likeness (QED) is 0.0240. The van der Waals surface area contributed by atoms with E-state index in [1.165, 1.54) is 55.9 Å². The Kier molecular flexibility index (Phi) is 35.4. The number of hydrogen-bond acceptors (Lipinski definition) is 4. The van der Waals surface area contributed by atoms with E-state index < -0.39 is 0 Å². The topological polar surface area (TPSA) is 102 Å². The molecule has 2 N–H and O–H groups in total. The summed E-state index contributed by atoms with van der Waals surface area (Å²) in [5, 5.41) is 16.8. The van der Waals surface area contributed by atoms with Crippen LogP contribution in [0.25, 0.3) is 10.6 Å². The first-order valence-corrected chi connectivity index (χ1v) is 28.6. The average Bonchev–Trinajstić information content (AvgIpc) is 3.33. The number of amidine groups is 4. The van der Waals surface area contributed by atoms with Gasteiger partial charge in [0, 0.05) is 24.5 Å². The van der Waals surface area contributed by atoms with Crippen molar-refractivity contribution in [2.24, 2.45) is 20.0 Å². The van der Waals surface area contributed by atoms with Gasteiger partial charge in [-0.05, 0) is 150 Å². The van der Waals surface area contributed by atoms with Crippen LogP contribution >= 0.6 is 0 Å². The van der Waals surface area contributed by atoms with Gasteiger partial charge in [-0.25, -0.2) is 0 Å². The molecule has 0 radical (unpaired) electrons. The average molecular weight is 1220 g/mol. The molecule has 4 rings (SSSR count). The predicted octanol–water partition coefficient (Wildman–Crippen LogP) is 21.5. The van der Waals surface area contributed by atoms with Crippen LogP contribution in [0.1, 0.15) is 269 Å². The van der Waals surface area contributed by atoms with Crippen molar-refractivity contribution in [3.8, 4) is 0 Å². The van der Waals surface area contributed by atoms with Gasteiger partial charge in [-0.2, -0.15) is 0 Å². The number of anilines is 2. The summed E-state index contributed by atoms with van der Waals surface area (Å²) in [6, 6.07) is 26.4. The number of para-hydroxylation sites is 4. The molecule has 0 aliphatic carbocycles. The molecule has 0 fully saturated rings. The third-order valence-corrected chi connectivity index (χ3v) is 13.6. The maximum Gasteiger partial charge on any atom is 4.00 e. The van der Waals surface area contributed by atoms with Gasteiger partial charge >= 0.3 is 25.8 Å². The first kappa shape index (κ1) is 72.6. The van der Waals surface area contributed by atoms with Crippen LogP contribution in [0.5, 0.6) is 0 Å². The molecule has 0 amide bonds. The number of unbranched alkanes of at least 4 members (excludes halogenated alkanes) is 4. The molecule has 0 aliphatic heterocycles. The minimum absolute atomic E-state index is 0. The number of nitrogens with one attached hydrogen (secondary N) is 2. The van der Waals surface area contributed by atoms with E-state index in [1.54, 1.807) is 0 Å². The molecular formula is C68H108HfN8. The first-order valence-electron chi connectivity index (χ1n) is 28.6. The fraction of sp³-hybridized carbons (Fsp3) is 0.559. The molecule has 0 unspecified atom stereocenters. The van der Waals surface area contributed by atoms with E-state index in [2.05, 4.69) is 208 Å². The molecule has 4 aromatic carbocycles. The van der Waals surface area contributed by atoms with Crippen molar-refractivity contribution >= 4 is 46.1 Å². The van der Waals surface area contributed by atoms with Crippen molar-refractivity contribution in [3.05, 3.63) is 143 Å². The molecule has 0 bridgehead atoms. The third kappa shape index (κ3) is 24.3. The molecule has 0 aliphatic rings. The maximum absolute atomic E-state index is 4.95. The van der Waals surface area contributed by atoms with Gasteiger partial charge in [0.1, 0.15) is 0 Å². The van der Waals surface area contributed by atoms with Gasteiger partial charge in [-0.15, -0.1) is 0 Å². The Morgan fingerprint density at radius 2 is 0.597 bits per heavy atom. The normalized spacial score (nSPS) is 12.3. The second-order valence-corrected chi connectivity index (χ2v) is 22.8. The Morgan fingerprint density at radius 3 is 0.844 bits per heavy atom. The van der Waals surface area contributed by atoms with Crippen molar-refractivity contribution in [1.82, 2.24) is 0 Å². The molecule has 0 saturated carbocycles. The smallest absolute Gasteiger partial charge is 0.469 e. The van der Waals surface area contributed by atoms with Gasteiger partial charge in [0.25, 0.3) is 0 Å². The summed E-state index contributed by atoms with van der Waals surface area (Å²) in [7, 11) is 0. The SMILES string of the molecule is CC(=NCCCCCN=C(C)Nc1c(C(C)C)cccc1C(C)C)Nc1c(C(C)C)cccc1C(C)C.CC(=Nc1c(C(C)C)cccc1C(C)C)[N-]CCCCC[N-]C(C)=Nc1c(C(C)C)cccc1C(C)C.[CH3-].[CH3-].[Hf+4]. The number of benzene rings is 4. The van der Waals surface area contributed by atoms with Crippen LogP contribution in [0.2, 0.25) is 0 Å². The largest absolute Gasteiger partial charge is 4.00 e. The monoisotopic (exact) mass is 1220 g/mol. The first-order chi connectivity index (χ1) is 35.0. The molecule has 8 nitrogen and oxygen atoms in total. The molecule has 0 spiro atoms. The van der Waals surface area contributed by atoms with Gasteiger partial charge < -0.3 is 46.1 Å². The van der Waals surface area contributed by atoms with Gasteiger partial charge in [-0.3, -0.25) is 9.98 Å². The summed E-state index contributed by atoms with van der Waals surface area (Å²) in [6.45, 7) is 47.4. The Hall–Kier alpha value is -4.37. The molecule has 0 saturated heterocycles. The van der Waals surface area contributed by atoms with Gasteiger partial charge in [0.15, 0.2) is 0 Å². The number of hydrogen-bond donors (Lipinski definition) is 2. The van der Waals surface area contributed by atoms with Crippen molar-refractivity contribution in [3.63, 3.8) is 0 Å². The summed E-state index contributed by atoms with van der Waals surface area (Å²) in [5.74, 6) is 7.40. The van der Waals surface area contributed by atoms with Crippen molar-refractivity contribution in [2.45, 2.75) is 224 Å². The molecule has 9 heteroatoms. The molecule has 0 heterocycles. The van der Waals surface area contributed by atoms with Crippen LogP contribution in [0, 0.1) is 14.9 Å². The van der Waals surface area contributed by atoms with E-state index in [0.717, 1.165) is 99.4 Å². The molecule has 0 aromatic heterocycles. The van der Waals surface area contributed by atoms with Crippen molar-refractivity contribution in [1.29, 1.82) is 0 Å². The van der Waals surface area contributed by atoms with Crippen molar-refractivity contribution in [2.75, 3.05) is 36.8 Å². The van der Waals surface area contributed by atoms with Crippen molar-refractivity contribution < 1.29 is 25.8 Å². The number of rotatable bonds is 24.